The number of imide groups is 1. The first-order chi connectivity index (χ1) is 6.60. The van der Waals surface area contributed by atoms with Crippen molar-refractivity contribution in [1.82, 2.24) is 10.6 Å². The van der Waals surface area contributed by atoms with Crippen LogP contribution >= 0.6 is 0 Å². The molecule has 0 spiro atoms. The minimum atomic E-state index is -0.888. The molecule has 0 radical (unpaired) electrons. The van der Waals surface area contributed by atoms with Gasteiger partial charge in [0.15, 0.2) is 0 Å². The van der Waals surface area contributed by atoms with E-state index in [4.69, 9.17) is 4.74 Å². The summed E-state index contributed by atoms with van der Waals surface area (Å²) in [5.41, 5.74) is -0.888. The Morgan fingerprint density at radius 1 is 1.43 bits per heavy atom. The molecule has 1 rings (SSSR count). The van der Waals surface area contributed by atoms with E-state index in [0.29, 0.717) is 12.8 Å². The topological polar surface area (TPSA) is 67.4 Å². The summed E-state index contributed by atoms with van der Waals surface area (Å²) in [6, 6.07) is -0.438. The van der Waals surface area contributed by atoms with Crippen molar-refractivity contribution in [2.75, 3.05) is 7.11 Å². The maximum atomic E-state index is 11.6. The zero-order valence-corrected chi connectivity index (χ0v) is 8.72. The van der Waals surface area contributed by atoms with Crippen LogP contribution in [0.4, 0.5) is 4.79 Å². The van der Waals surface area contributed by atoms with Crippen LogP contribution in [0.2, 0.25) is 0 Å². The molecule has 2 unspecified atom stereocenters. The lowest BCUT2D eigenvalue weighted by Crippen LogP contribution is -2.56. The summed E-state index contributed by atoms with van der Waals surface area (Å²) in [6.07, 6.45) is 0.925. The highest BCUT2D eigenvalue weighted by molar-refractivity contribution is 6.07. The lowest BCUT2D eigenvalue weighted by atomic mass is 9.88. The van der Waals surface area contributed by atoms with Gasteiger partial charge in [0, 0.05) is 7.11 Å². The van der Waals surface area contributed by atoms with Crippen molar-refractivity contribution in [3.05, 3.63) is 0 Å². The van der Waals surface area contributed by atoms with Gasteiger partial charge in [-0.3, -0.25) is 10.1 Å². The Morgan fingerprint density at radius 3 is 2.36 bits per heavy atom. The number of rotatable bonds is 4. The van der Waals surface area contributed by atoms with Gasteiger partial charge in [-0.2, -0.15) is 0 Å². The molecule has 80 valence electrons. The number of amides is 3. The fourth-order valence-corrected chi connectivity index (χ4v) is 1.92. The smallest absolute Gasteiger partial charge is 0.322 e. The summed E-state index contributed by atoms with van der Waals surface area (Å²) >= 11 is 0. The molecule has 1 fully saturated rings. The van der Waals surface area contributed by atoms with Gasteiger partial charge in [-0.1, -0.05) is 13.8 Å². The van der Waals surface area contributed by atoms with Gasteiger partial charge in [0.2, 0.25) is 0 Å². The van der Waals surface area contributed by atoms with Crippen molar-refractivity contribution in [2.24, 2.45) is 0 Å². The molecule has 0 aromatic rings. The van der Waals surface area contributed by atoms with Gasteiger partial charge < -0.3 is 10.1 Å². The third-order valence-corrected chi connectivity index (χ3v) is 2.73. The van der Waals surface area contributed by atoms with Gasteiger partial charge in [0.05, 0.1) is 6.10 Å². The van der Waals surface area contributed by atoms with Crippen LogP contribution in [0.25, 0.3) is 0 Å². The SMILES string of the molecule is CCC(OC)C1(CC)NC(=O)NC1=O. The van der Waals surface area contributed by atoms with Gasteiger partial charge in [0.1, 0.15) is 5.54 Å². The van der Waals surface area contributed by atoms with E-state index < -0.39 is 11.6 Å². The summed E-state index contributed by atoms with van der Waals surface area (Å²) in [5.74, 6) is -0.293. The van der Waals surface area contributed by atoms with E-state index in [0.717, 1.165) is 0 Å². The van der Waals surface area contributed by atoms with Crippen molar-refractivity contribution in [1.29, 1.82) is 0 Å². The van der Waals surface area contributed by atoms with Gasteiger partial charge in [-0.05, 0) is 12.8 Å². The lowest BCUT2D eigenvalue weighted by molar-refractivity contribution is -0.129. The summed E-state index contributed by atoms with van der Waals surface area (Å²) in [4.78, 5) is 22.7. The zero-order valence-electron chi connectivity index (χ0n) is 8.72. The van der Waals surface area contributed by atoms with Crippen LogP contribution in [0.15, 0.2) is 0 Å². The summed E-state index contributed by atoms with van der Waals surface area (Å²) in [6.45, 7) is 3.77. The molecule has 5 nitrogen and oxygen atoms in total. The molecule has 0 saturated carbocycles. The van der Waals surface area contributed by atoms with Crippen molar-refractivity contribution >= 4 is 11.9 Å². The number of nitrogens with one attached hydrogen (secondary N) is 2. The monoisotopic (exact) mass is 200 g/mol. The Bertz CT molecular complexity index is 250. The number of urea groups is 1. The predicted octanol–water partition coefficient (Wildman–Crippen LogP) is 0.400. The van der Waals surface area contributed by atoms with Crippen LogP contribution in [-0.4, -0.2) is 30.7 Å². The third kappa shape index (κ3) is 1.48. The van der Waals surface area contributed by atoms with Gasteiger partial charge in [0.25, 0.3) is 5.91 Å². The van der Waals surface area contributed by atoms with Crippen LogP contribution in [-0.2, 0) is 9.53 Å². The molecule has 0 aliphatic carbocycles. The zero-order chi connectivity index (χ0) is 10.8. The molecule has 1 heterocycles. The maximum Gasteiger partial charge on any atom is 0.322 e. The summed E-state index contributed by atoms with van der Waals surface area (Å²) in [7, 11) is 1.54. The Labute approximate surface area is 83.2 Å². The van der Waals surface area contributed by atoms with Gasteiger partial charge in [-0.15, -0.1) is 0 Å². The van der Waals surface area contributed by atoms with E-state index in [1.807, 2.05) is 13.8 Å². The minimum Gasteiger partial charge on any atom is -0.378 e. The van der Waals surface area contributed by atoms with Crippen LogP contribution < -0.4 is 10.6 Å². The molecule has 3 amide bonds. The quantitative estimate of drug-likeness (QED) is 0.645. The Hall–Kier alpha value is -1.10. The molecule has 1 saturated heterocycles. The number of hydrogen-bond acceptors (Lipinski definition) is 3. The molecule has 0 bridgehead atoms. The Balaban J connectivity index is 2.95. The van der Waals surface area contributed by atoms with E-state index in [2.05, 4.69) is 10.6 Å². The molecule has 14 heavy (non-hydrogen) atoms. The number of carbonyl (C=O) groups excluding carboxylic acids is 2. The molecule has 5 heteroatoms. The van der Waals surface area contributed by atoms with E-state index in [1.165, 1.54) is 0 Å². The largest absolute Gasteiger partial charge is 0.378 e. The fourth-order valence-electron chi connectivity index (χ4n) is 1.92. The number of hydrogen-bond donors (Lipinski definition) is 2. The first-order valence-electron chi connectivity index (χ1n) is 4.77. The average Bonchev–Trinajstić information content (AvgIpc) is 2.44. The minimum absolute atomic E-state index is 0.279. The molecule has 2 N–H and O–H groups in total. The Kier molecular flexibility index (Phi) is 3.10. The van der Waals surface area contributed by atoms with Crippen molar-refractivity contribution in [3.8, 4) is 0 Å². The van der Waals surface area contributed by atoms with Gasteiger partial charge in [-0.25, -0.2) is 4.79 Å². The molecular formula is C9H16N2O3. The molecule has 0 aromatic carbocycles. The van der Waals surface area contributed by atoms with Gasteiger partial charge >= 0.3 is 6.03 Å². The van der Waals surface area contributed by atoms with Crippen molar-refractivity contribution < 1.29 is 14.3 Å². The lowest BCUT2D eigenvalue weighted by Gasteiger charge is -2.31. The summed E-state index contributed by atoms with van der Waals surface area (Å²) < 4.78 is 5.22. The standard InChI is InChI=1S/C9H16N2O3/c1-4-6(14-3)9(5-2)7(12)10-8(13)11-9/h6H,4-5H2,1-3H3,(H2,10,11,12,13). The first-order valence-corrected chi connectivity index (χ1v) is 4.77. The van der Waals surface area contributed by atoms with Crippen LogP contribution in [0.3, 0.4) is 0 Å². The maximum absolute atomic E-state index is 11.6. The fraction of sp³-hybridized carbons (Fsp3) is 0.778. The van der Waals surface area contributed by atoms with Crippen LogP contribution in [0, 0.1) is 0 Å². The predicted molar refractivity (Wildman–Crippen MR) is 50.8 cm³/mol. The second-order valence-corrected chi connectivity index (χ2v) is 3.37. The molecule has 1 aliphatic rings. The van der Waals surface area contributed by atoms with Crippen molar-refractivity contribution in [3.63, 3.8) is 0 Å². The van der Waals surface area contributed by atoms with E-state index >= 15 is 0 Å². The number of ether oxygens (including phenoxy) is 1. The number of methoxy groups -OCH3 is 1. The highest BCUT2D eigenvalue weighted by Crippen LogP contribution is 2.24. The highest BCUT2D eigenvalue weighted by atomic mass is 16.5. The first kappa shape index (κ1) is 11.0. The molecular weight excluding hydrogens is 184 g/mol. The second-order valence-electron chi connectivity index (χ2n) is 3.37. The van der Waals surface area contributed by atoms with Crippen molar-refractivity contribution in [2.45, 2.75) is 38.3 Å². The highest BCUT2D eigenvalue weighted by Gasteiger charge is 2.50. The molecule has 2 atom stereocenters. The van der Waals surface area contributed by atoms with E-state index in [-0.39, 0.29) is 12.0 Å². The van der Waals surface area contributed by atoms with E-state index in [9.17, 15) is 9.59 Å². The third-order valence-electron chi connectivity index (χ3n) is 2.73. The average molecular weight is 200 g/mol. The van der Waals surface area contributed by atoms with Crippen LogP contribution in [0.5, 0.6) is 0 Å². The normalized spacial score (nSPS) is 28.5. The number of carbonyl (C=O) groups is 2. The summed E-state index contributed by atoms with van der Waals surface area (Å²) in [5, 5.41) is 4.88. The molecule has 0 aromatic heterocycles. The van der Waals surface area contributed by atoms with E-state index in [1.54, 1.807) is 7.11 Å². The Morgan fingerprint density at radius 2 is 2.07 bits per heavy atom. The van der Waals surface area contributed by atoms with Crippen LogP contribution in [0.1, 0.15) is 26.7 Å². The molecule has 1 aliphatic heterocycles. The second kappa shape index (κ2) is 3.96.